The lowest BCUT2D eigenvalue weighted by Crippen LogP contribution is -2.44. The van der Waals surface area contributed by atoms with E-state index in [0.717, 1.165) is 42.7 Å². The predicted octanol–water partition coefficient (Wildman–Crippen LogP) is 4.76. The maximum absolute atomic E-state index is 13.2. The van der Waals surface area contributed by atoms with E-state index in [1.54, 1.807) is 42.7 Å². The number of nitrogens with zero attached hydrogens (tertiary/aromatic N) is 4. The highest BCUT2D eigenvalue weighted by molar-refractivity contribution is 9.10. The molecule has 0 atom stereocenters. The van der Waals surface area contributed by atoms with E-state index in [-0.39, 0.29) is 4.90 Å². The summed E-state index contributed by atoms with van der Waals surface area (Å²) >= 11 is 3.54. The zero-order valence-corrected chi connectivity index (χ0v) is 21.0. The molecule has 0 spiro atoms. The molecule has 3 heterocycles. The van der Waals surface area contributed by atoms with Crippen LogP contribution in [0.5, 0.6) is 0 Å². The van der Waals surface area contributed by atoms with E-state index in [9.17, 15) is 8.42 Å². The van der Waals surface area contributed by atoms with E-state index in [2.05, 4.69) is 62.9 Å². The molecule has 0 amide bonds. The van der Waals surface area contributed by atoms with Crippen LogP contribution in [0.1, 0.15) is 5.56 Å². The maximum atomic E-state index is 13.2. The van der Waals surface area contributed by atoms with Crippen LogP contribution in [0.25, 0.3) is 22.2 Å². The average Bonchev–Trinajstić information content (AvgIpc) is 3.17. The molecule has 0 bridgehead atoms. The van der Waals surface area contributed by atoms with Crippen LogP contribution in [0.2, 0.25) is 0 Å². The van der Waals surface area contributed by atoms with Crippen LogP contribution in [-0.2, 0) is 10.0 Å². The summed E-state index contributed by atoms with van der Waals surface area (Å²) in [7, 11) is -1.58. The van der Waals surface area contributed by atoms with Crippen molar-refractivity contribution in [2.45, 2.75) is 11.8 Å². The van der Waals surface area contributed by atoms with Gasteiger partial charge in [-0.3, -0.25) is 0 Å². The van der Waals surface area contributed by atoms with Crippen molar-refractivity contribution in [3.05, 3.63) is 77.0 Å². The molecule has 2 aromatic carbocycles. The van der Waals surface area contributed by atoms with Crippen molar-refractivity contribution >= 4 is 42.7 Å². The molecule has 170 valence electrons. The molecule has 2 aromatic heterocycles. The van der Waals surface area contributed by atoms with Gasteiger partial charge in [0.2, 0.25) is 0 Å². The lowest BCUT2D eigenvalue weighted by atomic mass is 10.0. The van der Waals surface area contributed by atoms with Crippen molar-refractivity contribution in [1.82, 2.24) is 13.9 Å². The quantitative estimate of drug-likeness (QED) is 0.385. The number of aryl methyl sites for hydroxylation is 1. The summed E-state index contributed by atoms with van der Waals surface area (Å²) < 4.78 is 28.3. The molecule has 8 heteroatoms. The summed E-state index contributed by atoms with van der Waals surface area (Å²) in [5.41, 5.74) is 4.90. The lowest BCUT2D eigenvalue weighted by molar-refractivity contribution is 0.312. The second-order valence-corrected chi connectivity index (χ2v) is 11.1. The fraction of sp³-hybridized carbons (Fsp3) is 0.240. The van der Waals surface area contributed by atoms with E-state index in [4.69, 9.17) is 0 Å². The second-order valence-electron chi connectivity index (χ2n) is 8.48. The monoisotopic (exact) mass is 524 g/mol. The Morgan fingerprint density at radius 3 is 2.36 bits per heavy atom. The molecule has 1 saturated heterocycles. The molecular formula is C25H25BrN4O2S. The van der Waals surface area contributed by atoms with Gasteiger partial charge in [0, 0.05) is 59.7 Å². The number of fused-ring (bicyclic) bond motifs is 1. The van der Waals surface area contributed by atoms with E-state index < -0.39 is 10.0 Å². The summed E-state index contributed by atoms with van der Waals surface area (Å²) in [5, 5.41) is 0.757. The standard InChI is InChI=1S/C25H25BrN4O2S/c1-18-14-19(8-9-24(18)29-12-10-28(2)11-13-29)20-15-22-23(26)17-30(25(22)27-16-20)33(31,32)21-6-4-3-5-7-21/h3-9,14-17H,10-13H2,1-2H3. The number of anilines is 1. The van der Waals surface area contributed by atoms with Gasteiger partial charge in [0.1, 0.15) is 0 Å². The van der Waals surface area contributed by atoms with Crippen molar-refractivity contribution < 1.29 is 8.42 Å². The molecule has 0 radical (unpaired) electrons. The van der Waals surface area contributed by atoms with Gasteiger partial charge in [-0.2, -0.15) is 0 Å². The third-order valence-electron chi connectivity index (χ3n) is 6.24. The van der Waals surface area contributed by atoms with Gasteiger partial charge in [0.15, 0.2) is 5.65 Å². The van der Waals surface area contributed by atoms with Crippen molar-refractivity contribution in [3.63, 3.8) is 0 Å². The molecule has 6 nitrogen and oxygen atoms in total. The van der Waals surface area contributed by atoms with E-state index in [1.165, 1.54) is 15.2 Å². The number of hydrogen-bond donors (Lipinski definition) is 0. The first kappa shape index (κ1) is 22.1. The van der Waals surface area contributed by atoms with Crippen LogP contribution < -0.4 is 4.90 Å². The molecule has 0 saturated carbocycles. The van der Waals surface area contributed by atoms with Gasteiger partial charge in [-0.05, 0) is 71.4 Å². The minimum atomic E-state index is -3.74. The first-order valence-electron chi connectivity index (χ1n) is 10.9. The third-order valence-corrected chi connectivity index (χ3v) is 8.53. The molecule has 0 aliphatic carbocycles. The van der Waals surface area contributed by atoms with Crippen LogP contribution in [0, 0.1) is 6.92 Å². The maximum Gasteiger partial charge on any atom is 0.269 e. The Labute approximate surface area is 202 Å². The molecule has 1 aliphatic rings. The van der Waals surface area contributed by atoms with Crippen molar-refractivity contribution in [3.8, 4) is 11.1 Å². The Hall–Kier alpha value is -2.68. The molecule has 0 N–H and O–H groups in total. The highest BCUT2D eigenvalue weighted by Crippen LogP contribution is 2.33. The molecule has 5 rings (SSSR count). The van der Waals surface area contributed by atoms with Crippen LogP contribution in [0.4, 0.5) is 5.69 Å². The largest absolute Gasteiger partial charge is 0.369 e. The molecule has 1 fully saturated rings. The number of pyridine rings is 1. The molecule has 4 aromatic rings. The van der Waals surface area contributed by atoms with Crippen LogP contribution in [-0.4, -0.2) is 55.5 Å². The molecule has 1 aliphatic heterocycles. The Balaban J connectivity index is 1.51. The zero-order valence-electron chi connectivity index (χ0n) is 18.6. The zero-order chi connectivity index (χ0) is 23.2. The first-order chi connectivity index (χ1) is 15.8. The number of rotatable bonds is 4. The first-order valence-corrected chi connectivity index (χ1v) is 13.1. The third kappa shape index (κ3) is 4.07. The van der Waals surface area contributed by atoms with Crippen molar-refractivity contribution in [2.75, 3.05) is 38.1 Å². The normalized spacial score (nSPS) is 15.3. The highest BCUT2D eigenvalue weighted by atomic mass is 79.9. The summed E-state index contributed by atoms with van der Waals surface area (Å²) in [6.45, 7) is 6.33. The Bertz CT molecular complexity index is 1430. The number of hydrogen-bond acceptors (Lipinski definition) is 5. The Morgan fingerprint density at radius 1 is 0.939 bits per heavy atom. The number of piperazine rings is 1. The molecule has 0 unspecified atom stereocenters. The Morgan fingerprint density at radius 2 is 1.67 bits per heavy atom. The van der Waals surface area contributed by atoms with Gasteiger partial charge in [0.05, 0.1) is 4.90 Å². The SMILES string of the molecule is Cc1cc(-c2cnc3c(c2)c(Br)cn3S(=O)(=O)c2ccccc2)ccc1N1CCN(C)CC1. The van der Waals surface area contributed by atoms with Gasteiger partial charge in [-0.15, -0.1) is 0 Å². The predicted molar refractivity (Wildman–Crippen MR) is 136 cm³/mol. The van der Waals surface area contributed by atoms with Gasteiger partial charge < -0.3 is 9.80 Å². The minimum Gasteiger partial charge on any atom is -0.369 e. The van der Waals surface area contributed by atoms with E-state index >= 15 is 0 Å². The minimum absolute atomic E-state index is 0.232. The summed E-state index contributed by atoms with van der Waals surface area (Å²) in [6, 6.07) is 16.9. The average molecular weight is 525 g/mol. The lowest BCUT2D eigenvalue weighted by Gasteiger charge is -2.35. The van der Waals surface area contributed by atoms with Gasteiger partial charge in [-0.25, -0.2) is 17.4 Å². The number of aromatic nitrogens is 2. The summed E-state index contributed by atoms with van der Waals surface area (Å²) in [6.07, 6.45) is 3.32. The molecule has 33 heavy (non-hydrogen) atoms. The number of benzene rings is 2. The topological polar surface area (TPSA) is 58.4 Å². The van der Waals surface area contributed by atoms with Gasteiger partial charge in [0.25, 0.3) is 10.0 Å². The van der Waals surface area contributed by atoms with E-state index in [0.29, 0.717) is 10.1 Å². The fourth-order valence-electron chi connectivity index (χ4n) is 4.33. The van der Waals surface area contributed by atoms with Gasteiger partial charge in [-0.1, -0.05) is 24.3 Å². The van der Waals surface area contributed by atoms with Gasteiger partial charge >= 0.3 is 0 Å². The van der Waals surface area contributed by atoms with Crippen molar-refractivity contribution in [1.29, 1.82) is 0 Å². The fourth-order valence-corrected chi connectivity index (χ4v) is 6.30. The smallest absolute Gasteiger partial charge is 0.269 e. The van der Waals surface area contributed by atoms with Crippen molar-refractivity contribution in [2.24, 2.45) is 0 Å². The van der Waals surface area contributed by atoms with Crippen LogP contribution in [0.3, 0.4) is 0 Å². The van der Waals surface area contributed by atoms with Crippen LogP contribution in [0.15, 0.2) is 76.4 Å². The van der Waals surface area contributed by atoms with Crippen LogP contribution >= 0.6 is 15.9 Å². The Kier molecular flexibility index (Phi) is 5.76. The number of halogens is 1. The number of likely N-dealkylation sites (N-methyl/N-ethyl adjacent to an activating group) is 1. The van der Waals surface area contributed by atoms with E-state index in [1.807, 2.05) is 6.07 Å². The highest BCUT2D eigenvalue weighted by Gasteiger charge is 2.22. The molecular weight excluding hydrogens is 500 g/mol. The summed E-state index contributed by atoms with van der Waals surface area (Å²) in [5.74, 6) is 0. The second kappa shape index (κ2) is 8.59. The summed E-state index contributed by atoms with van der Waals surface area (Å²) in [4.78, 5) is 9.58.